The van der Waals surface area contributed by atoms with E-state index in [1.807, 2.05) is 19.0 Å². The van der Waals surface area contributed by atoms with Crippen LogP contribution in [0, 0.1) is 0 Å². The Bertz CT molecular complexity index is 766. The Hall–Kier alpha value is -2.61. The predicted molar refractivity (Wildman–Crippen MR) is 96.5 cm³/mol. The maximum atomic E-state index is 12.0. The molecule has 0 saturated carbocycles. The summed E-state index contributed by atoms with van der Waals surface area (Å²) in [4.78, 5) is 24.8. The fraction of sp³-hybridized carbons (Fsp3) is 0.188. The Morgan fingerprint density at radius 2 is 1.92 bits per heavy atom. The molecule has 8 heteroatoms. The first kappa shape index (κ1) is 17.7. The first-order valence-electron chi connectivity index (χ1n) is 7.04. The molecule has 0 atom stereocenters. The first-order valence-corrected chi connectivity index (χ1v) is 7.84. The lowest BCUT2D eigenvalue weighted by atomic mass is 10.2. The van der Waals surface area contributed by atoms with Gasteiger partial charge < -0.3 is 14.6 Å². The summed E-state index contributed by atoms with van der Waals surface area (Å²) in [6.07, 6.45) is 1.42. The van der Waals surface area contributed by atoms with Crippen molar-refractivity contribution in [1.29, 1.82) is 0 Å². The van der Waals surface area contributed by atoms with Gasteiger partial charge in [0.1, 0.15) is 0 Å². The van der Waals surface area contributed by atoms with Crippen molar-refractivity contribution in [2.24, 2.45) is 5.10 Å². The van der Waals surface area contributed by atoms with Crippen molar-refractivity contribution in [2.75, 3.05) is 24.3 Å². The zero-order chi connectivity index (χ0) is 17.7. The molecule has 0 aliphatic carbocycles. The second-order valence-electron chi connectivity index (χ2n) is 5.15. The number of amides is 2. The minimum atomic E-state index is -0.362. The van der Waals surface area contributed by atoms with Gasteiger partial charge in [0.25, 0.3) is 5.91 Å². The van der Waals surface area contributed by atoms with Gasteiger partial charge in [-0.3, -0.25) is 9.59 Å². The summed E-state index contributed by atoms with van der Waals surface area (Å²) in [6, 6.07) is 8.25. The van der Waals surface area contributed by atoms with Gasteiger partial charge in [-0.25, -0.2) is 5.43 Å². The molecule has 0 unspecified atom stereocenters. The summed E-state index contributed by atoms with van der Waals surface area (Å²) in [5, 5.41) is 6.51. The number of carbonyl (C=O) groups is 2. The van der Waals surface area contributed by atoms with Crippen molar-refractivity contribution in [1.82, 2.24) is 5.43 Å². The smallest absolute Gasteiger partial charge is 0.271 e. The van der Waals surface area contributed by atoms with Gasteiger partial charge in [0.15, 0.2) is 5.76 Å². The van der Waals surface area contributed by atoms with Crippen LogP contribution in [0.1, 0.15) is 23.0 Å². The molecule has 7 nitrogen and oxygen atoms in total. The van der Waals surface area contributed by atoms with Gasteiger partial charge in [-0.2, -0.15) is 5.10 Å². The fourth-order valence-electron chi connectivity index (χ4n) is 1.87. The zero-order valence-electron chi connectivity index (χ0n) is 13.5. The van der Waals surface area contributed by atoms with Gasteiger partial charge in [-0.1, -0.05) is 0 Å². The minimum absolute atomic E-state index is 0.168. The van der Waals surface area contributed by atoms with Gasteiger partial charge in [-0.15, -0.1) is 0 Å². The van der Waals surface area contributed by atoms with Crippen LogP contribution in [0.25, 0.3) is 0 Å². The van der Waals surface area contributed by atoms with E-state index in [0.717, 1.165) is 4.47 Å². The van der Waals surface area contributed by atoms with Gasteiger partial charge >= 0.3 is 0 Å². The average Bonchev–Trinajstić information content (AvgIpc) is 2.88. The van der Waals surface area contributed by atoms with Gasteiger partial charge in [-0.05, 0) is 40.2 Å². The Morgan fingerprint density at radius 3 is 2.46 bits per heavy atom. The highest BCUT2D eigenvalue weighted by molar-refractivity contribution is 9.10. The molecule has 2 N–H and O–H groups in total. The summed E-state index contributed by atoms with van der Waals surface area (Å²) >= 11 is 3.38. The third kappa shape index (κ3) is 4.69. The Kier molecular flexibility index (Phi) is 5.75. The van der Waals surface area contributed by atoms with Crippen LogP contribution in [0.4, 0.5) is 11.6 Å². The monoisotopic (exact) mass is 392 g/mol. The molecule has 0 spiro atoms. The number of halogens is 1. The van der Waals surface area contributed by atoms with Crippen molar-refractivity contribution in [2.45, 2.75) is 6.92 Å². The van der Waals surface area contributed by atoms with Crippen LogP contribution < -0.4 is 15.6 Å². The Balaban J connectivity index is 1.97. The van der Waals surface area contributed by atoms with E-state index in [1.54, 1.807) is 30.3 Å². The number of anilines is 2. The van der Waals surface area contributed by atoms with Crippen LogP contribution >= 0.6 is 15.9 Å². The molecule has 1 aromatic carbocycles. The molecule has 24 heavy (non-hydrogen) atoms. The van der Waals surface area contributed by atoms with Gasteiger partial charge in [0.05, 0.1) is 10.7 Å². The van der Waals surface area contributed by atoms with Crippen LogP contribution in [0.5, 0.6) is 0 Å². The molecule has 0 fully saturated rings. The SMILES string of the molecule is CC(=O)Nc1ccc(C(=O)NN=Cc2cc(Br)c(N(C)C)o2)cc1. The Morgan fingerprint density at radius 1 is 1.25 bits per heavy atom. The molecule has 0 aliphatic heterocycles. The molecular weight excluding hydrogens is 376 g/mol. The second-order valence-corrected chi connectivity index (χ2v) is 6.01. The molecule has 0 saturated heterocycles. The van der Waals surface area contributed by atoms with E-state index in [9.17, 15) is 9.59 Å². The molecule has 2 rings (SSSR count). The largest absolute Gasteiger partial charge is 0.438 e. The lowest BCUT2D eigenvalue weighted by Gasteiger charge is -2.07. The number of benzene rings is 1. The van der Waals surface area contributed by atoms with E-state index in [-0.39, 0.29) is 11.8 Å². The topological polar surface area (TPSA) is 86.9 Å². The van der Waals surface area contributed by atoms with Crippen molar-refractivity contribution in [3.05, 3.63) is 46.1 Å². The van der Waals surface area contributed by atoms with Crippen LogP contribution in [-0.4, -0.2) is 32.1 Å². The Labute approximate surface area is 147 Å². The maximum absolute atomic E-state index is 12.0. The van der Waals surface area contributed by atoms with E-state index in [0.29, 0.717) is 22.9 Å². The van der Waals surface area contributed by atoms with E-state index in [4.69, 9.17) is 4.42 Å². The summed E-state index contributed by atoms with van der Waals surface area (Å²) in [7, 11) is 3.72. The molecular formula is C16H17BrN4O3. The normalized spacial score (nSPS) is 10.7. The standard InChI is InChI=1S/C16H17BrN4O3/c1-10(22)19-12-6-4-11(5-7-12)15(23)20-18-9-13-8-14(17)16(24-13)21(2)3/h4-9H,1-3H3,(H,19,22)(H,20,23). The third-order valence-electron chi connectivity index (χ3n) is 2.92. The molecule has 0 bridgehead atoms. The van der Waals surface area contributed by atoms with E-state index in [2.05, 4.69) is 31.8 Å². The highest BCUT2D eigenvalue weighted by atomic mass is 79.9. The van der Waals surface area contributed by atoms with Crippen LogP contribution in [0.3, 0.4) is 0 Å². The fourth-order valence-corrected chi connectivity index (χ4v) is 2.53. The highest BCUT2D eigenvalue weighted by Gasteiger charge is 2.09. The number of hydrogen-bond acceptors (Lipinski definition) is 5. The molecule has 0 radical (unpaired) electrons. The van der Waals surface area contributed by atoms with E-state index >= 15 is 0 Å². The number of nitrogens with one attached hydrogen (secondary N) is 2. The lowest BCUT2D eigenvalue weighted by Crippen LogP contribution is -2.17. The molecule has 126 valence electrons. The molecule has 1 heterocycles. The molecule has 2 amide bonds. The first-order chi connectivity index (χ1) is 11.4. The summed E-state index contributed by atoms with van der Waals surface area (Å²) in [5.74, 6) is 0.640. The number of hydrogen-bond donors (Lipinski definition) is 2. The number of furan rings is 1. The molecule has 0 aliphatic rings. The lowest BCUT2D eigenvalue weighted by molar-refractivity contribution is -0.114. The average molecular weight is 393 g/mol. The van der Waals surface area contributed by atoms with Crippen LogP contribution in [0.15, 0.2) is 44.3 Å². The number of nitrogens with zero attached hydrogens (tertiary/aromatic N) is 2. The van der Waals surface area contributed by atoms with Crippen molar-refractivity contribution in [3.8, 4) is 0 Å². The molecule has 2 aromatic rings. The van der Waals surface area contributed by atoms with Crippen LogP contribution in [-0.2, 0) is 4.79 Å². The summed E-state index contributed by atoms with van der Waals surface area (Å²) < 4.78 is 6.35. The predicted octanol–water partition coefficient (Wildman–Crippen LogP) is 2.83. The third-order valence-corrected chi connectivity index (χ3v) is 3.49. The summed E-state index contributed by atoms with van der Waals surface area (Å²) in [5.41, 5.74) is 3.47. The number of hydrazone groups is 1. The number of rotatable bonds is 5. The second kappa shape index (κ2) is 7.78. The van der Waals surface area contributed by atoms with Crippen LogP contribution in [0.2, 0.25) is 0 Å². The number of carbonyl (C=O) groups excluding carboxylic acids is 2. The van der Waals surface area contributed by atoms with Crippen molar-refractivity contribution in [3.63, 3.8) is 0 Å². The van der Waals surface area contributed by atoms with Crippen molar-refractivity contribution < 1.29 is 14.0 Å². The highest BCUT2D eigenvalue weighted by Crippen LogP contribution is 2.27. The maximum Gasteiger partial charge on any atom is 0.271 e. The van der Waals surface area contributed by atoms with Gasteiger partial charge in [0, 0.05) is 38.3 Å². The van der Waals surface area contributed by atoms with Gasteiger partial charge in [0.2, 0.25) is 11.8 Å². The quantitative estimate of drug-likeness (QED) is 0.604. The zero-order valence-corrected chi connectivity index (χ0v) is 15.0. The minimum Gasteiger partial charge on any atom is -0.438 e. The molecule has 1 aromatic heterocycles. The summed E-state index contributed by atoms with van der Waals surface area (Å²) in [6.45, 7) is 1.42. The van der Waals surface area contributed by atoms with Crippen molar-refractivity contribution >= 4 is 45.5 Å². The van der Waals surface area contributed by atoms with E-state index in [1.165, 1.54) is 13.1 Å². The van der Waals surface area contributed by atoms with E-state index < -0.39 is 0 Å².